The van der Waals surface area contributed by atoms with E-state index in [1.807, 2.05) is 18.2 Å². The van der Waals surface area contributed by atoms with E-state index in [-0.39, 0.29) is 29.9 Å². The van der Waals surface area contributed by atoms with Gasteiger partial charge < -0.3 is 10.6 Å². The Hall–Kier alpha value is -2.53. The highest BCUT2D eigenvalue weighted by Crippen LogP contribution is 2.34. The lowest BCUT2D eigenvalue weighted by Gasteiger charge is -2.21. The van der Waals surface area contributed by atoms with Crippen LogP contribution in [0.5, 0.6) is 0 Å². The van der Waals surface area contributed by atoms with E-state index in [9.17, 15) is 4.79 Å². The number of aromatic nitrogens is 2. The van der Waals surface area contributed by atoms with Crippen molar-refractivity contribution in [2.45, 2.75) is 45.1 Å². The van der Waals surface area contributed by atoms with Crippen molar-refractivity contribution in [3.8, 4) is 0 Å². The maximum Gasteiger partial charge on any atom is 0.319 e. The molecule has 0 saturated heterocycles. The Morgan fingerprint density at radius 1 is 1.22 bits per heavy atom. The highest BCUT2D eigenvalue weighted by Gasteiger charge is 2.26. The number of anilines is 1. The number of hydrogen-bond donors (Lipinski definition) is 3. The summed E-state index contributed by atoms with van der Waals surface area (Å²) < 4.78 is 0. The van der Waals surface area contributed by atoms with Gasteiger partial charge in [0.25, 0.3) is 0 Å². The summed E-state index contributed by atoms with van der Waals surface area (Å²) in [5, 5.41) is 13.9. The number of benzene rings is 2. The first-order chi connectivity index (χ1) is 12.4. The molecule has 5 nitrogen and oxygen atoms in total. The molecule has 0 aliphatic heterocycles. The van der Waals surface area contributed by atoms with Gasteiger partial charge in [0.1, 0.15) is 0 Å². The second-order valence-electron chi connectivity index (χ2n) is 7.99. The third-order valence-electron chi connectivity index (χ3n) is 5.13. The number of H-pyrrole nitrogens is 1. The fourth-order valence-electron chi connectivity index (χ4n) is 3.63. The van der Waals surface area contributed by atoms with Crippen molar-refractivity contribution in [3.05, 3.63) is 59.3 Å². The zero-order valence-electron chi connectivity index (χ0n) is 15.8. The molecule has 1 aliphatic carbocycles. The molecule has 0 unspecified atom stereocenters. The second-order valence-corrected chi connectivity index (χ2v) is 7.99. The van der Waals surface area contributed by atoms with Crippen LogP contribution in [0.4, 0.5) is 10.5 Å². The Bertz CT molecular complexity index is 974. The molecule has 27 heavy (non-hydrogen) atoms. The van der Waals surface area contributed by atoms with Crippen LogP contribution in [0.1, 0.15) is 49.9 Å². The number of hydrogen-bond acceptors (Lipinski definition) is 2. The molecule has 1 heterocycles. The van der Waals surface area contributed by atoms with E-state index in [1.54, 1.807) is 6.20 Å². The molecule has 0 spiro atoms. The van der Waals surface area contributed by atoms with Crippen LogP contribution in [-0.4, -0.2) is 16.2 Å². The molecule has 0 fully saturated rings. The van der Waals surface area contributed by atoms with Gasteiger partial charge in [-0.1, -0.05) is 45.0 Å². The highest BCUT2D eigenvalue weighted by molar-refractivity contribution is 6.00. The van der Waals surface area contributed by atoms with E-state index < -0.39 is 0 Å². The average Bonchev–Trinajstić information content (AvgIpc) is 3.21. The van der Waals surface area contributed by atoms with E-state index in [1.165, 1.54) is 16.7 Å². The molecular formula is C21H25ClN4O. The number of aromatic amines is 1. The molecular weight excluding hydrogens is 360 g/mol. The summed E-state index contributed by atoms with van der Waals surface area (Å²) in [5.74, 6) is 0. The second kappa shape index (κ2) is 7.24. The minimum Gasteiger partial charge on any atom is -0.331 e. The Kier molecular flexibility index (Phi) is 5.16. The SMILES string of the molecule is CC(C)(C)c1ccc2c(c1)CC[C@@H]2NC(=O)Nc1cccc2[nH]ncc12.Cl. The molecule has 2 amide bonds. The Morgan fingerprint density at radius 2 is 2.04 bits per heavy atom. The lowest BCUT2D eigenvalue weighted by Crippen LogP contribution is -2.31. The first-order valence-electron chi connectivity index (χ1n) is 9.05. The standard InChI is InChI=1S/C21H24N4O.ClH/c1-21(2,3)14-8-9-15-13(11-14)7-10-18(15)24-20(26)23-17-5-4-6-19-16(17)12-22-25-19;/h4-6,8-9,11-12,18H,7,10H2,1-3H3,(H,22,25)(H2,23,24,26);1H/t18-;/m0./s1. The zero-order chi connectivity index (χ0) is 18.3. The first-order valence-corrected chi connectivity index (χ1v) is 9.05. The smallest absolute Gasteiger partial charge is 0.319 e. The molecule has 4 rings (SSSR count). The number of nitrogens with one attached hydrogen (secondary N) is 3. The van der Waals surface area contributed by atoms with E-state index in [4.69, 9.17) is 0 Å². The predicted molar refractivity (Wildman–Crippen MR) is 112 cm³/mol. The van der Waals surface area contributed by atoms with Crippen molar-refractivity contribution >= 4 is 35.0 Å². The third kappa shape index (κ3) is 3.78. The van der Waals surface area contributed by atoms with Gasteiger partial charge >= 0.3 is 6.03 Å². The van der Waals surface area contributed by atoms with Gasteiger partial charge in [-0.05, 0) is 47.1 Å². The Morgan fingerprint density at radius 3 is 2.81 bits per heavy atom. The van der Waals surface area contributed by atoms with Gasteiger partial charge in [0, 0.05) is 5.39 Å². The van der Waals surface area contributed by atoms with Crippen LogP contribution in [-0.2, 0) is 11.8 Å². The van der Waals surface area contributed by atoms with Crippen LogP contribution in [0.2, 0.25) is 0 Å². The molecule has 6 heteroatoms. The lowest BCUT2D eigenvalue weighted by atomic mass is 9.85. The fraction of sp³-hybridized carbons (Fsp3) is 0.333. The summed E-state index contributed by atoms with van der Waals surface area (Å²) >= 11 is 0. The van der Waals surface area contributed by atoms with Crippen LogP contribution in [0.3, 0.4) is 0 Å². The minimum absolute atomic E-state index is 0. The summed E-state index contributed by atoms with van der Waals surface area (Å²) in [4.78, 5) is 12.5. The van der Waals surface area contributed by atoms with E-state index in [2.05, 4.69) is 59.8 Å². The highest BCUT2D eigenvalue weighted by atomic mass is 35.5. The molecule has 0 saturated carbocycles. The maximum atomic E-state index is 12.5. The zero-order valence-corrected chi connectivity index (χ0v) is 16.6. The number of carbonyl (C=O) groups is 1. The monoisotopic (exact) mass is 384 g/mol. The van der Waals surface area contributed by atoms with Crippen LogP contribution >= 0.6 is 12.4 Å². The normalized spacial score (nSPS) is 15.9. The van der Waals surface area contributed by atoms with Gasteiger partial charge in [-0.3, -0.25) is 5.10 Å². The van der Waals surface area contributed by atoms with Crippen LogP contribution in [0.25, 0.3) is 10.9 Å². The Labute approximate surface area is 165 Å². The van der Waals surface area contributed by atoms with Crippen molar-refractivity contribution in [2.75, 3.05) is 5.32 Å². The van der Waals surface area contributed by atoms with Gasteiger partial charge in [0.05, 0.1) is 23.4 Å². The predicted octanol–water partition coefficient (Wildman–Crippen LogP) is 5.09. The summed E-state index contributed by atoms with van der Waals surface area (Å²) in [6.07, 6.45) is 3.66. The average molecular weight is 385 g/mol. The molecule has 1 aliphatic rings. The molecule has 2 aromatic carbocycles. The van der Waals surface area contributed by atoms with Gasteiger partial charge in [0.2, 0.25) is 0 Å². The van der Waals surface area contributed by atoms with Gasteiger partial charge in [-0.15, -0.1) is 12.4 Å². The number of nitrogens with zero attached hydrogens (tertiary/aromatic N) is 1. The summed E-state index contributed by atoms with van der Waals surface area (Å²) in [6.45, 7) is 6.68. The summed E-state index contributed by atoms with van der Waals surface area (Å²) in [7, 11) is 0. The lowest BCUT2D eigenvalue weighted by molar-refractivity contribution is 0.248. The van der Waals surface area contributed by atoms with Crippen molar-refractivity contribution in [3.63, 3.8) is 0 Å². The maximum absolute atomic E-state index is 12.5. The molecule has 0 bridgehead atoms. The molecule has 1 aromatic heterocycles. The molecule has 142 valence electrons. The van der Waals surface area contributed by atoms with Crippen LogP contribution in [0, 0.1) is 0 Å². The van der Waals surface area contributed by atoms with Gasteiger partial charge in [-0.2, -0.15) is 5.10 Å². The van der Waals surface area contributed by atoms with E-state index in [0.29, 0.717) is 0 Å². The van der Waals surface area contributed by atoms with Crippen molar-refractivity contribution < 1.29 is 4.79 Å². The topological polar surface area (TPSA) is 69.8 Å². The molecule has 1 atom stereocenters. The molecule has 3 N–H and O–H groups in total. The quantitative estimate of drug-likeness (QED) is 0.575. The summed E-state index contributed by atoms with van der Waals surface area (Å²) in [5.41, 5.74) is 5.72. The van der Waals surface area contributed by atoms with Gasteiger partial charge in [-0.25, -0.2) is 4.79 Å². The van der Waals surface area contributed by atoms with Crippen LogP contribution in [0.15, 0.2) is 42.6 Å². The Balaban J connectivity index is 0.00000210. The third-order valence-corrected chi connectivity index (χ3v) is 5.13. The number of rotatable bonds is 2. The van der Waals surface area contributed by atoms with Crippen LogP contribution < -0.4 is 10.6 Å². The number of halogens is 1. The van der Waals surface area contributed by atoms with Crippen molar-refractivity contribution in [1.29, 1.82) is 0 Å². The summed E-state index contributed by atoms with van der Waals surface area (Å²) in [6, 6.07) is 12.2. The fourth-order valence-corrected chi connectivity index (χ4v) is 3.63. The van der Waals surface area contributed by atoms with Crippen molar-refractivity contribution in [2.24, 2.45) is 0 Å². The molecule has 0 radical (unpaired) electrons. The number of carbonyl (C=O) groups excluding carboxylic acids is 1. The number of amides is 2. The number of fused-ring (bicyclic) bond motifs is 2. The number of urea groups is 1. The van der Waals surface area contributed by atoms with E-state index in [0.717, 1.165) is 29.4 Å². The molecule has 3 aromatic rings. The van der Waals surface area contributed by atoms with Gasteiger partial charge in [0.15, 0.2) is 0 Å². The van der Waals surface area contributed by atoms with Crippen molar-refractivity contribution in [1.82, 2.24) is 15.5 Å². The first kappa shape index (κ1) is 19.2. The van der Waals surface area contributed by atoms with E-state index >= 15 is 0 Å². The number of aryl methyl sites for hydroxylation is 1. The minimum atomic E-state index is -0.184. The largest absolute Gasteiger partial charge is 0.331 e.